The molecule has 1 aliphatic carbocycles. The van der Waals surface area contributed by atoms with Crippen molar-refractivity contribution in [3.63, 3.8) is 0 Å². The van der Waals surface area contributed by atoms with Gasteiger partial charge in [-0.1, -0.05) is 41.4 Å². The van der Waals surface area contributed by atoms with E-state index in [0.717, 1.165) is 33.3 Å². The lowest BCUT2D eigenvalue weighted by molar-refractivity contribution is 0.0696. The number of halogens is 3. The predicted octanol–water partition coefficient (Wildman–Crippen LogP) is 7.87. The van der Waals surface area contributed by atoms with Crippen molar-refractivity contribution in [2.24, 2.45) is 5.92 Å². The Balaban J connectivity index is 1.44. The molecule has 0 bridgehead atoms. The zero-order valence-electron chi connectivity index (χ0n) is 18.7. The Labute approximate surface area is 221 Å². The van der Waals surface area contributed by atoms with E-state index in [4.69, 9.17) is 32.7 Å². The van der Waals surface area contributed by atoms with Crippen LogP contribution in [0.1, 0.15) is 45.4 Å². The predicted molar refractivity (Wildman–Crippen MR) is 141 cm³/mol. The maximum Gasteiger partial charge on any atom is 0.335 e. The van der Waals surface area contributed by atoms with Crippen LogP contribution in [-0.2, 0) is 6.61 Å². The molecule has 5 rings (SSSR count). The number of hydrogen-bond acceptors (Lipinski definition) is 4. The molecule has 0 amide bonds. The summed E-state index contributed by atoms with van der Waals surface area (Å²) in [4.78, 5) is 11.5. The lowest BCUT2D eigenvalue weighted by atomic mass is 9.76. The molecule has 5 nitrogen and oxygen atoms in total. The molecule has 3 atom stereocenters. The van der Waals surface area contributed by atoms with Crippen LogP contribution in [0.25, 0.3) is 0 Å². The average molecular weight is 575 g/mol. The summed E-state index contributed by atoms with van der Waals surface area (Å²) >= 11 is 15.8. The summed E-state index contributed by atoms with van der Waals surface area (Å²) < 4.78 is 12.6. The number of anilines is 1. The summed E-state index contributed by atoms with van der Waals surface area (Å²) in [5.41, 5.74) is 4.22. The Bertz CT molecular complexity index is 1340. The fraction of sp³-hybridized carbons (Fsp3) is 0.222. The molecule has 0 saturated carbocycles. The van der Waals surface area contributed by atoms with Crippen molar-refractivity contribution in [2.75, 3.05) is 12.4 Å². The van der Waals surface area contributed by atoms with E-state index in [9.17, 15) is 9.90 Å². The minimum Gasteiger partial charge on any atom is -0.493 e. The Hall–Kier alpha value is -2.67. The van der Waals surface area contributed by atoms with Crippen molar-refractivity contribution >= 4 is 50.8 Å². The molecule has 0 unspecified atom stereocenters. The van der Waals surface area contributed by atoms with Crippen LogP contribution in [0.3, 0.4) is 0 Å². The monoisotopic (exact) mass is 573 g/mol. The topological polar surface area (TPSA) is 67.8 Å². The van der Waals surface area contributed by atoms with Gasteiger partial charge in [0.2, 0.25) is 0 Å². The number of rotatable bonds is 6. The highest BCUT2D eigenvalue weighted by Gasteiger charge is 2.38. The molecule has 2 N–H and O–H groups in total. The van der Waals surface area contributed by atoms with Gasteiger partial charge in [-0.15, -0.1) is 0 Å². The normalized spacial score (nSPS) is 20.1. The van der Waals surface area contributed by atoms with E-state index in [1.54, 1.807) is 31.4 Å². The Morgan fingerprint density at radius 1 is 1.14 bits per heavy atom. The van der Waals surface area contributed by atoms with Crippen LogP contribution >= 0.6 is 39.1 Å². The highest BCUT2D eigenvalue weighted by molar-refractivity contribution is 9.10. The van der Waals surface area contributed by atoms with Gasteiger partial charge < -0.3 is 19.9 Å². The van der Waals surface area contributed by atoms with Crippen LogP contribution < -0.4 is 14.8 Å². The van der Waals surface area contributed by atoms with Crippen LogP contribution in [0.15, 0.2) is 65.2 Å². The molecule has 8 heteroatoms. The number of carbonyl (C=O) groups is 1. The molecule has 180 valence electrons. The van der Waals surface area contributed by atoms with Gasteiger partial charge in [-0.2, -0.15) is 0 Å². The van der Waals surface area contributed by atoms with Gasteiger partial charge in [-0.25, -0.2) is 4.79 Å². The zero-order chi connectivity index (χ0) is 24.7. The fourth-order valence-electron chi connectivity index (χ4n) is 4.90. The smallest absolute Gasteiger partial charge is 0.335 e. The zero-order valence-corrected chi connectivity index (χ0v) is 21.8. The molecular formula is C27H22BrCl2NO4. The van der Waals surface area contributed by atoms with Crippen LogP contribution in [0.2, 0.25) is 10.0 Å². The number of allylic oxidation sites excluding steroid dienone is 2. The van der Waals surface area contributed by atoms with E-state index in [-0.39, 0.29) is 17.9 Å². The van der Waals surface area contributed by atoms with E-state index in [2.05, 4.69) is 39.5 Å². The van der Waals surface area contributed by atoms with Gasteiger partial charge in [0.25, 0.3) is 0 Å². The van der Waals surface area contributed by atoms with E-state index in [1.165, 1.54) is 0 Å². The van der Waals surface area contributed by atoms with Gasteiger partial charge in [0.05, 0.1) is 33.2 Å². The van der Waals surface area contributed by atoms with Crippen LogP contribution in [0.4, 0.5) is 5.69 Å². The number of nitrogens with one attached hydrogen (secondary N) is 1. The average Bonchev–Trinajstić information content (AvgIpc) is 3.34. The van der Waals surface area contributed by atoms with E-state index in [1.807, 2.05) is 18.2 Å². The summed E-state index contributed by atoms with van der Waals surface area (Å²) in [5, 5.41) is 14.1. The van der Waals surface area contributed by atoms with Crippen LogP contribution in [0.5, 0.6) is 11.5 Å². The summed E-state index contributed by atoms with van der Waals surface area (Å²) in [6, 6.07) is 14.7. The van der Waals surface area contributed by atoms with Gasteiger partial charge in [0.1, 0.15) is 6.61 Å². The first-order chi connectivity index (χ1) is 16.9. The molecule has 3 aromatic rings. The number of ether oxygens (including phenoxy) is 2. The molecule has 3 aromatic carbocycles. The second-order valence-corrected chi connectivity index (χ2v) is 10.3. The molecule has 2 aliphatic rings. The number of carboxylic acids is 1. The van der Waals surface area contributed by atoms with E-state index >= 15 is 0 Å². The lowest BCUT2D eigenvalue weighted by Crippen LogP contribution is -2.29. The molecule has 0 radical (unpaired) electrons. The number of hydrogen-bond donors (Lipinski definition) is 2. The standard InChI is InChI=1S/C27H22BrCl2NO4/c1-34-24-12-16(11-20(28)26(24)35-13-14-5-7-21(29)22(30)9-14)25-18-4-2-3-17(18)19-10-15(27(32)33)6-8-23(19)31-25/h2-3,5-12,17-18,25,31H,4,13H2,1H3,(H,32,33)/t17-,18+,25+/m1/s1. The van der Waals surface area contributed by atoms with Crippen molar-refractivity contribution in [3.05, 3.63) is 97.5 Å². The maximum absolute atomic E-state index is 11.5. The molecule has 1 aliphatic heterocycles. The Morgan fingerprint density at radius 3 is 2.71 bits per heavy atom. The summed E-state index contributed by atoms with van der Waals surface area (Å²) in [6.07, 6.45) is 5.26. The lowest BCUT2D eigenvalue weighted by Gasteiger charge is -2.38. The minimum absolute atomic E-state index is 0.0208. The fourth-order valence-corrected chi connectivity index (χ4v) is 5.80. The number of benzene rings is 3. The first-order valence-corrected chi connectivity index (χ1v) is 12.6. The number of fused-ring (bicyclic) bond motifs is 3. The summed E-state index contributed by atoms with van der Waals surface area (Å²) in [7, 11) is 1.62. The Morgan fingerprint density at radius 2 is 1.97 bits per heavy atom. The van der Waals surface area contributed by atoms with E-state index in [0.29, 0.717) is 33.7 Å². The van der Waals surface area contributed by atoms with Crippen LogP contribution in [0, 0.1) is 5.92 Å². The van der Waals surface area contributed by atoms with Gasteiger partial charge >= 0.3 is 5.97 Å². The van der Waals surface area contributed by atoms with Crippen molar-refractivity contribution < 1.29 is 19.4 Å². The molecule has 0 aromatic heterocycles. The first-order valence-electron chi connectivity index (χ1n) is 11.1. The quantitative estimate of drug-likeness (QED) is 0.293. The second-order valence-electron chi connectivity index (χ2n) is 8.65. The van der Waals surface area contributed by atoms with Crippen molar-refractivity contribution in [1.82, 2.24) is 0 Å². The van der Waals surface area contributed by atoms with Gasteiger partial charge in [-0.05, 0) is 87.4 Å². The SMILES string of the molecule is COc1cc([C@@H]2Nc3ccc(C(=O)O)cc3[C@@H]3C=CC[C@@H]32)cc(Br)c1OCc1ccc(Cl)c(Cl)c1. The summed E-state index contributed by atoms with van der Waals surface area (Å²) in [6.45, 7) is 0.306. The maximum atomic E-state index is 11.5. The largest absolute Gasteiger partial charge is 0.493 e. The first kappa shape index (κ1) is 24.0. The van der Waals surface area contributed by atoms with Crippen molar-refractivity contribution in [1.29, 1.82) is 0 Å². The third kappa shape index (κ3) is 4.63. The molecule has 0 spiro atoms. The summed E-state index contributed by atoms with van der Waals surface area (Å²) in [5.74, 6) is 0.701. The highest BCUT2D eigenvalue weighted by Crippen LogP contribution is 2.51. The number of carboxylic acid groups (broad SMARTS) is 1. The van der Waals surface area contributed by atoms with Gasteiger partial charge in [0, 0.05) is 11.6 Å². The minimum atomic E-state index is -0.918. The molecule has 35 heavy (non-hydrogen) atoms. The Kier molecular flexibility index (Phi) is 6.71. The molecule has 0 fully saturated rings. The third-order valence-electron chi connectivity index (χ3n) is 6.59. The second kappa shape index (κ2) is 9.76. The van der Waals surface area contributed by atoms with Gasteiger partial charge in [-0.3, -0.25) is 0 Å². The molecular weight excluding hydrogens is 553 g/mol. The number of aromatic carboxylic acids is 1. The highest BCUT2D eigenvalue weighted by atomic mass is 79.9. The van der Waals surface area contributed by atoms with Crippen LogP contribution in [-0.4, -0.2) is 18.2 Å². The number of methoxy groups -OCH3 is 1. The molecule has 0 saturated heterocycles. The van der Waals surface area contributed by atoms with Crippen molar-refractivity contribution in [2.45, 2.75) is 25.0 Å². The van der Waals surface area contributed by atoms with Crippen molar-refractivity contribution in [3.8, 4) is 11.5 Å². The third-order valence-corrected chi connectivity index (χ3v) is 7.92. The van der Waals surface area contributed by atoms with Gasteiger partial charge in [0.15, 0.2) is 11.5 Å². The van der Waals surface area contributed by atoms with E-state index < -0.39 is 5.97 Å². The molecule has 1 heterocycles.